The van der Waals surface area contributed by atoms with E-state index in [1.54, 1.807) is 0 Å². The van der Waals surface area contributed by atoms with Gasteiger partial charge in [0, 0.05) is 6.54 Å². The number of fused-ring (bicyclic) bond motifs is 1. The van der Waals surface area contributed by atoms with Crippen LogP contribution in [0.25, 0.3) is 11.2 Å². The lowest BCUT2D eigenvalue weighted by Gasteiger charge is -2.20. The predicted molar refractivity (Wildman–Crippen MR) is 66.2 cm³/mol. The zero-order valence-electron chi connectivity index (χ0n) is 10.2. The molecule has 0 amide bonds. The second kappa shape index (κ2) is 3.42. The summed E-state index contributed by atoms with van der Waals surface area (Å²) in [4.78, 5) is 12.5. The maximum Gasteiger partial charge on any atom is 0.165 e. The number of hydrogen-bond acceptors (Lipinski definition) is 4. The summed E-state index contributed by atoms with van der Waals surface area (Å²) in [6.07, 6.45) is 5.93. The standard InChI is InChI=1S/C12H17N5/c1-8(2)12(3-4-12)5-17-7-16-9-10(13)14-6-15-11(9)17/h6-8H,3-5H2,1-2H3,(H2,13,14,15). The number of rotatable bonds is 3. The van der Waals surface area contributed by atoms with Crippen LogP contribution in [-0.4, -0.2) is 19.5 Å². The molecule has 90 valence electrons. The van der Waals surface area contributed by atoms with Crippen LogP contribution in [0.15, 0.2) is 12.7 Å². The van der Waals surface area contributed by atoms with Crippen molar-refractivity contribution < 1.29 is 0 Å². The van der Waals surface area contributed by atoms with Gasteiger partial charge in [-0.15, -0.1) is 0 Å². The Morgan fingerprint density at radius 1 is 1.35 bits per heavy atom. The Balaban J connectivity index is 1.99. The van der Waals surface area contributed by atoms with Crippen molar-refractivity contribution in [1.82, 2.24) is 19.5 Å². The van der Waals surface area contributed by atoms with Crippen molar-refractivity contribution in [3.8, 4) is 0 Å². The summed E-state index contributed by atoms with van der Waals surface area (Å²) in [6.45, 7) is 5.56. The van der Waals surface area contributed by atoms with E-state index in [0.717, 1.165) is 12.2 Å². The number of nitrogens with two attached hydrogens (primary N) is 1. The molecule has 0 saturated heterocycles. The third-order valence-corrected chi connectivity index (χ3v) is 4.03. The van der Waals surface area contributed by atoms with Crippen LogP contribution >= 0.6 is 0 Å². The van der Waals surface area contributed by atoms with E-state index in [1.165, 1.54) is 19.2 Å². The number of aromatic nitrogens is 4. The third kappa shape index (κ3) is 1.57. The molecule has 2 N–H and O–H groups in total. The van der Waals surface area contributed by atoms with Gasteiger partial charge in [-0.25, -0.2) is 15.0 Å². The highest BCUT2D eigenvalue weighted by molar-refractivity contribution is 5.81. The van der Waals surface area contributed by atoms with Gasteiger partial charge >= 0.3 is 0 Å². The molecule has 1 aliphatic rings. The fraction of sp³-hybridized carbons (Fsp3) is 0.583. The van der Waals surface area contributed by atoms with Gasteiger partial charge in [0.05, 0.1) is 6.33 Å². The molecule has 0 atom stereocenters. The molecular formula is C12H17N5. The van der Waals surface area contributed by atoms with E-state index in [9.17, 15) is 0 Å². The molecule has 2 aromatic heterocycles. The molecule has 1 fully saturated rings. The van der Waals surface area contributed by atoms with E-state index in [4.69, 9.17) is 5.73 Å². The van der Waals surface area contributed by atoms with Crippen LogP contribution in [0, 0.1) is 11.3 Å². The molecule has 0 aliphatic heterocycles. The van der Waals surface area contributed by atoms with Crippen LogP contribution in [0.4, 0.5) is 5.82 Å². The second-order valence-electron chi connectivity index (χ2n) is 5.32. The highest BCUT2D eigenvalue weighted by Crippen LogP contribution is 2.53. The average Bonchev–Trinajstić information content (AvgIpc) is 2.96. The summed E-state index contributed by atoms with van der Waals surface area (Å²) in [5.74, 6) is 1.15. The van der Waals surface area contributed by atoms with Gasteiger partial charge in [0.1, 0.15) is 11.8 Å². The maximum absolute atomic E-state index is 5.78. The largest absolute Gasteiger partial charge is 0.382 e. The Kier molecular flexibility index (Phi) is 2.11. The van der Waals surface area contributed by atoms with Gasteiger partial charge in [-0.05, 0) is 24.2 Å². The summed E-state index contributed by atoms with van der Waals surface area (Å²) in [6, 6.07) is 0. The highest BCUT2D eigenvalue weighted by atomic mass is 15.1. The molecule has 0 aromatic carbocycles. The Morgan fingerprint density at radius 2 is 2.12 bits per heavy atom. The Labute approximate surface area is 100 Å². The van der Waals surface area contributed by atoms with Crippen LogP contribution in [0.5, 0.6) is 0 Å². The van der Waals surface area contributed by atoms with Crippen molar-refractivity contribution >= 4 is 17.0 Å². The monoisotopic (exact) mass is 231 g/mol. The SMILES string of the molecule is CC(C)C1(Cn2cnc3c(N)ncnc32)CC1. The van der Waals surface area contributed by atoms with E-state index < -0.39 is 0 Å². The van der Waals surface area contributed by atoms with Crippen LogP contribution in [0.3, 0.4) is 0 Å². The van der Waals surface area contributed by atoms with Crippen molar-refractivity contribution in [2.75, 3.05) is 5.73 Å². The topological polar surface area (TPSA) is 69.6 Å². The van der Waals surface area contributed by atoms with Crippen molar-refractivity contribution in [2.45, 2.75) is 33.2 Å². The quantitative estimate of drug-likeness (QED) is 0.875. The molecule has 0 radical (unpaired) electrons. The van der Waals surface area contributed by atoms with E-state index >= 15 is 0 Å². The van der Waals surface area contributed by atoms with E-state index in [-0.39, 0.29) is 0 Å². The first-order valence-corrected chi connectivity index (χ1v) is 6.04. The van der Waals surface area contributed by atoms with E-state index in [1.807, 2.05) is 6.33 Å². The molecule has 1 aliphatic carbocycles. The van der Waals surface area contributed by atoms with Gasteiger partial charge < -0.3 is 10.3 Å². The predicted octanol–water partition coefficient (Wildman–Crippen LogP) is 1.84. The van der Waals surface area contributed by atoms with Gasteiger partial charge in [-0.1, -0.05) is 13.8 Å². The first kappa shape index (κ1) is 10.5. The van der Waals surface area contributed by atoms with Gasteiger partial charge in [0.25, 0.3) is 0 Å². The first-order valence-electron chi connectivity index (χ1n) is 6.04. The lowest BCUT2D eigenvalue weighted by atomic mass is 9.92. The minimum absolute atomic E-state index is 0.438. The molecule has 0 spiro atoms. The Hall–Kier alpha value is -1.65. The summed E-state index contributed by atoms with van der Waals surface area (Å²) in [7, 11) is 0. The third-order valence-electron chi connectivity index (χ3n) is 4.03. The first-order chi connectivity index (χ1) is 8.12. The molecule has 2 heterocycles. The van der Waals surface area contributed by atoms with Crippen LogP contribution in [-0.2, 0) is 6.54 Å². The van der Waals surface area contributed by atoms with Crippen LogP contribution < -0.4 is 5.73 Å². The summed E-state index contributed by atoms with van der Waals surface area (Å²) in [5.41, 5.74) is 7.79. The highest BCUT2D eigenvalue weighted by Gasteiger charge is 2.45. The molecule has 3 rings (SSSR count). The summed E-state index contributed by atoms with van der Waals surface area (Å²) in [5, 5.41) is 0. The molecule has 0 unspecified atom stereocenters. The van der Waals surface area contributed by atoms with Gasteiger partial charge in [-0.2, -0.15) is 0 Å². The molecule has 5 heteroatoms. The lowest BCUT2D eigenvalue weighted by molar-refractivity contribution is 0.311. The zero-order chi connectivity index (χ0) is 12.0. The minimum atomic E-state index is 0.438. The van der Waals surface area contributed by atoms with Crippen molar-refractivity contribution in [2.24, 2.45) is 11.3 Å². The van der Waals surface area contributed by atoms with E-state index in [0.29, 0.717) is 22.7 Å². The van der Waals surface area contributed by atoms with Gasteiger partial charge in [0.15, 0.2) is 11.5 Å². The lowest BCUT2D eigenvalue weighted by Crippen LogP contribution is -2.17. The molecule has 1 saturated carbocycles. The smallest absolute Gasteiger partial charge is 0.165 e. The van der Waals surface area contributed by atoms with Crippen molar-refractivity contribution in [3.05, 3.63) is 12.7 Å². The van der Waals surface area contributed by atoms with E-state index in [2.05, 4.69) is 33.4 Å². The average molecular weight is 231 g/mol. The van der Waals surface area contributed by atoms with Crippen LogP contribution in [0.1, 0.15) is 26.7 Å². The molecule has 0 bridgehead atoms. The molecule has 17 heavy (non-hydrogen) atoms. The van der Waals surface area contributed by atoms with Gasteiger partial charge in [-0.3, -0.25) is 0 Å². The van der Waals surface area contributed by atoms with Crippen molar-refractivity contribution in [1.29, 1.82) is 0 Å². The Morgan fingerprint density at radius 3 is 2.76 bits per heavy atom. The number of imidazole rings is 1. The van der Waals surface area contributed by atoms with Gasteiger partial charge in [0.2, 0.25) is 0 Å². The number of hydrogen-bond donors (Lipinski definition) is 1. The molecule has 5 nitrogen and oxygen atoms in total. The zero-order valence-corrected chi connectivity index (χ0v) is 10.2. The molecule has 2 aromatic rings. The normalized spacial score (nSPS) is 17.8. The fourth-order valence-corrected chi connectivity index (χ4v) is 2.43. The number of anilines is 1. The minimum Gasteiger partial charge on any atom is -0.382 e. The Bertz CT molecular complexity index is 553. The summed E-state index contributed by atoms with van der Waals surface area (Å²) < 4.78 is 2.11. The van der Waals surface area contributed by atoms with Crippen LogP contribution in [0.2, 0.25) is 0 Å². The molecular weight excluding hydrogens is 214 g/mol. The van der Waals surface area contributed by atoms with Crippen molar-refractivity contribution in [3.63, 3.8) is 0 Å². The second-order valence-corrected chi connectivity index (χ2v) is 5.32. The fourth-order valence-electron chi connectivity index (χ4n) is 2.43. The number of nitrogen functional groups attached to an aromatic ring is 1. The maximum atomic E-state index is 5.78. The summed E-state index contributed by atoms with van der Waals surface area (Å²) >= 11 is 0. The number of nitrogens with zero attached hydrogens (tertiary/aromatic N) is 4.